The topological polar surface area (TPSA) is 38.3 Å². The summed E-state index contributed by atoms with van der Waals surface area (Å²) in [6, 6.07) is 19.8. The van der Waals surface area contributed by atoms with Crippen molar-refractivity contribution in [2.75, 3.05) is 0 Å². The molecule has 2 rings (SSSR count). The molecule has 1 unspecified atom stereocenters. The second kappa shape index (κ2) is 9.15. The number of hydrogen-bond acceptors (Lipinski definition) is 3. The van der Waals surface area contributed by atoms with Gasteiger partial charge in [0.25, 0.3) is 0 Å². The van der Waals surface area contributed by atoms with Gasteiger partial charge in [-0.25, -0.2) is 4.79 Å². The van der Waals surface area contributed by atoms with E-state index < -0.39 is 0 Å². The van der Waals surface area contributed by atoms with Gasteiger partial charge < -0.3 is 10.1 Å². The smallest absolute Gasteiger partial charge is 0.408 e. The van der Waals surface area contributed by atoms with E-state index in [0.717, 1.165) is 23.3 Å². The number of thioether (sulfide) groups is 1. The molecule has 0 heterocycles. The molecule has 3 nitrogen and oxygen atoms in total. The van der Waals surface area contributed by atoms with Crippen molar-refractivity contribution in [2.45, 2.75) is 36.6 Å². The highest BCUT2D eigenvalue weighted by molar-refractivity contribution is 7.99. The Morgan fingerprint density at radius 3 is 2.36 bits per heavy atom. The number of nitrogens with one attached hydrogen (secondary N) is 1. The Labute approximate surface area is 136 Å². The largest absolute Gasteiger partial charge is 0.445 e. The zero-order chi connectivity index (χ0) is 15.6. The van der Waals surface area contributed by atoms with Gasteiger partial charge in [-0.1, -0.05) is 61.9 Å². The molecule has 0 aliphatic rings. The third-order valence-electron chi connectivity index (χ3n) is 3.06. The summed E-state index contributed by atoms with van der Waals surface area (Å²) in [5.41, 5.74) is 0.986. The molecule has 4 heteroatoms. The number of alkyl carbamates (subject to hydrolysis) is 1. The van der Waals surface area contributed by atoms with Gasteiger partial charge in [-0.2, -0.15) is 0 Å². The maximum atomic E-state index is 11.9. The first-order valence-electron chi connectivity index (χ1n) is 7.47. The van der Waals surface area contributed by atoms with Crippen LogP contribution in [0, 0.1) is 0 Å². The highest BCUT2D eigenvalue weighted by atomic mass is 32.2. The van der Waals surface area contributed by atoms with Crippen LogP contribution in [0.3, 0.4) is 0 Å². The number of carbonyl (C=O) groups excluding carboxylic acids is 1. The molecule has 116 valence electrons. The lowest BCUT2D eigenvalue weighted by atomic mass is 10.2. The van der Waals surface area contributed by atoms with Gasteiger partial charge in [0.1, 0.15) is 6.61 Å². The molecule has 1 N–H and O–H groups in total. The predicted octanol–water partition coefficient (Wildman–Crippen LogP) is 4.83. The summed E-state index contributed by atoms with van der Waals surface area (Å²) >= 11 is 1.65. The molecular formula is C18H21NO2S. The summed E-state index contributed by atoms with van der Waals surface area (Å²) < 4.78 is 5.28. The fourth-order valence-corrected chi connectivity index (χ4v) is 3.13. The third kappa shape index (κ3) is 5.82. The second-order valence-corrected chi connectivity index (χ2v) is 6.19. The van der Waals surface area contributed by atoms with E-state index in [1.807, 2.05) is 60.7 Å². The average Bonchev–Trinajstić information content (AvgIpc) is 2.55. The summed E-state index contributed by atoms with van der Waals surface area (Å²) in [6.45, 7) is 2.40. The summed E-state index contributed by atoms with van der Waals surface area (Å²) in [4.78, 5) is 13.1. The minimum absolute atomic E-state index is 0.0238. The highest BCUT2D eigenvalue weighted by Gasteiger charge is 2.13. The summed E-state index contributed by atoms with van der Waals surface area (Å²) in [7, 11) is 0. The minimum atomic E-state index is -0.370. The van der Waals surface area contributed by atoms with Crippen LogP contribution in [0.5, 0.6) is 0 Å². The van der Waals surface area contributed by atoms with Gasteiger partial charge in [0.15, 0.2) is 0 Å². The van der Waals surface area contributed by atoms with Crippen LogP contribution in [0.2, 0.25) is 0 Å². The van der Waals surface area contributed by atoms with E-state index >= 15 is 0 Å². The van der Waals surface area contributed by atoms with Crippen LogP contribution in [0.15, 0.2) is 65.6 Å². The Morgan fingerprint density at radius 2 is 1.73 bits per heavy atom. The van der Waals surface area contributed by atoms with E-state index in [0.29, 0.717) is 6.61 Å². The van der Waals surface area contributed by atoms with E-state index in [-0.39, 0.29) is 11.5 Å². The molecular weight excluding hydrogens is 294 g/mol. The van der Waals surface area contributed by atoms with Crippen LogP contribution < -0.4 is 5.32 Å². The van der Waals surface area contributed by atoms with Crippen molar-refractivity contribution in [3.05, 3.63) is 66.2 Å². The second-order valence-electron chi connectivity index (χ2n) is 4.91. The Kier molecular flexibility index (Phi) is 6.84. The summed E-state index contributed by atoms with van der Waals surface area (Å²) in [5.74, 6) is 0. The van der Waals surface area contributed by atoms with Gasteiger partial charge in [0.2, 0.25) is 0 Å². The highest BCUT2D eigenvalue weighted by Crippen LogP contribution is 2.24. The van der Waals surface area contributed by atoms with Crippen molar-refractivity contribution < 1.29 is 9.53 Å². The van der Waals surface area contributed by atoms with Crippen molar-refractivity contribution in [2.24, 2.45) is 0 Å². The molecule has 0 aliphatic heterocycles. The molecule has 0 bridgehead atoms. The quantitative estimate of drug-likeness (QED) is 0.587. The minimum Gasteiger partial charge on any atom is -0.445 e. The number of hydrogen-bond donors (Lipinski definition) is 1. The molecule has 0 radical (unpaired) electrons. The molecule has 2 aromatic rings. The fraction of sp³-hybridized carbons (Fsp3) is 0.278. The van der Waals surface area contributed by atoms with Gasteiger partial charge in [-0.15, -0.1) is 11.8 Å². The molecule has 0 saturated carbocycles. The normalized spacial score (nSPS) is 11.7. The molecule has 22 heavy (non-hydrogen) atoms. The lowest BCUT2D eigenvalue weighted by Crippen LogP contribution is -2.32. The van der Waals surface area contributed by atoms with Crippen LogP contribution in [-0.4, -0.2) is 11.5 Å². The van der Waals surface area contributed by atoms with Crippen LogP contribution >= 0.6 is 11.8 Å². The van der Waals surface area contributed by atoms with Crippen LogP contribution in [-0.2, 0) is 11.3 Å². The molecule has 0 saturated heterocycles. The third-order valence-corrected chi connectivity index (χ3v) is 4.25. The van der Waals surface area contributed by atoms with E-state index in [1.54, 1.807) is 11.8 Å². The lowest BCUT2D eigenvalue weighted by molar-refractivity contribution is 0.138. The molecule has 0 fully saturated rings. The maximum absolute atomic E-state index is 11.9. The molecule has 0 aliphatic carbocycles. The molecule has 0 spiro atoms. The van der Waals surface area contributed by atoms with Gasteiger partial charge in [0, 0.05) is 4.90 Å². The molecule has 2 aromatic carbocycles. The van der Waals surface area contributed by atoms with Crippen molar-refractivity contribution in [1.82, 2.24) is 5.32 Å². The Hall–Kier alpha value is -1.94. The first-order chi connectivity index (χ1) is 10.8. The average molecular weight is 315 g/mol. The van der Waals surface area contributed by atoms with E-state index in [4.69, 9.17) is 4.74 Å². The van der Waals surface area contributed by atoms with Crippen molar-refractivity contribution in [1.29, 1.82) is 0 Å². The van der Waals surface area contributed by atoms with E-state index in [1.165, 1.54) is 0 Å². The van der Waals surface area contributed by atoms with Crippen LogP contribution in [0.1, 0.15) is 25.3 Å². The SMILES string of the molecule is CCCC(NC(=O)OCc1ccccc1)Sc1ccccc1. The fourth-order valence-electron chi connectivity index (χ4n) is 1.98. The van der Waals surface area contributed by atoms with Crippen molar-refractivity contribution >= 4 is 17.9 Å². The first kappa shape index (κ1) is 16.4. The monoisotopic (exact) mass is 315 g/mol. The predicted molar refractivity (Wildman–Crippen MR) is 90.8 cm³/mol. The van der Waals surface area contributed by atoms with Crippen LogP contribution in [0.4, 0.5) is 4.79 Å². The van der Waals surface area contributed by atoms with Crippen LogP contribution in [0.25, 0.3) is 0 Å². The number of ether oxygens (including phenoxy) is 1. The van der Waals surface area contributed by atoms with Gasteiger partial charge in [-0.3, -0.25) is 0 Å². The molecule has 0 aromatic heterocycles. The summed E-state index contributed by atoms with van der Waals surface area (Å²) in [5, 5.41) is 2.96. The number of carbonyl (C=O) groups is 1. The lowest BCUT2D eigenvalue weighted by Gasteiger charge is -2.17. The Morgan fingerprint density at radius 1 is 1.09 bits per heavy atom. The first-order valence-corrected chi connectivity index (χ1v) is 8.35. The van der Waals surface area contributed by atoms with Crippen molar-refractivity contribution in [3.63, 3.8) is 0 Å². The standard InChI is InChI=1S/C18H21NO2S/c1-2-9-17(22-16-12-7-4-8-13-16)19-18(20)21-14-15-10-5-3-6-11-15/h3-8,10-13,17H,2,9,14H2,1H3,(H,19,20). The number of benzene rings is 2. The zero-order valence-electron chi connectivity index (χ0n) is 12.7. The van der Waals surface area contributed by atoms with E-state index in [2.05, 4.69) is 12.2 Å². The zero-order valence-corrected chi connectivity index (χ0v) is 13.5. The van der Waals surface area contributed by atoms with Gasteiger partial charge in [0.05, 0.1) is 5.37 Å². The van der Waals surface area contributed by atoms with Crippen molar-refractivity contribution in [3.8, 4) is 0 Å². The number of amides is 1. The van der Waals surface area contributed by atoms with Gasteiger partial charge >= 0.3 is 6.09 Å². The van der Waals surface area contributed by atoms with Gasteiger partial charge in [-0.05, 0) is 24.1 Å². The molecule has 1 amide bonds. The Balaban J connectivity index is 1.83. The Bertz CT molecular complexity index is 560. The van der Waals surface area contributed by atoms with E-state index in [9.17, 15) is 4.79 Å². The molecule has 1 atom stereocenters. The maximum Gasteiger partial charge on any atom is 0.408 e. The number of rotatable bonds is 7. The summed E-state index contributed by atoms with van der Waals surface area (Å²) in [6.07, 6.45) is 1.54.